The highest BCUT2D eigenvalue weighted by Crippen LogP contribution is 2.20. The van der Waals surface area contributed by atoms with Crippen molar-refractivity contribution in [1.82, 2.24) is 14.7 Å². The summed E-state index contributed by atoms with van der Waals surface area (Å²) in [5.74, 6) is 0.670. The predicted molar refractivity (Wildman–Crippen MR) is 77.3 cm³/mol. The van der Waals surface area contributed by atoms with Gasteiger partial charge in [-0.15, -0.1) is 0 Å². The Labute approximate surface area is 117 Å². The fraction of sp³-hybridized carbons (Fsp3) is 0.929. The van der Waals surface area contributed by atoms with Gasteiger partial charge in [0.25, 0.3) is 0 Å². The second kappa shape index (κ2) is 7.70. The Balaban J connectivity index is 2.29. The lowest BCUT2D eigenvalue weighted by molar-refractivity contribution is 0.0600. The van der Waals surface area contributed by atoms with Gasteiger partial charge in [0, 0.05) is 33.2 Å². The van der Waals surface area contributed by atoms with E-state index in [4.69, 9.17) is 4.74 Å². The van der Waals surface area contributed by atoms with E-state index in [1.54, 1.807) is 14.1 Å². The van der Waals surface area contributed by atoms with Crippen molar-refractivity contribution in [2.45, 2.75) is 26.3 Å². The van der Waals surface area contributed by atoms with Gasteiger partial charge in [-0.25, -0.2) is 4.79 Å². The molecule has 0 unspecified atom stereocenters. The van der Waals surface area contributed by atoms with Gasteiger partial charge in [0.15, 0.2) is 0 Å². The SMILES string of the molecule is CCN1CC[C@H](N(C)CCOC(=O)N(C)C)[C@H](C)C1. The summed E-state index contributed by atoms with van der Waals surface area (Å²) in [7, 11) is 5.54. The maximum absolute atomic E-state index is 11.3. The monoisotopic (exact) mass is 271 g/mol. The van der Waals surface area contributed by atoms with Crippen LogP contribution in [0, 0.1) is 5.92 Å². The Morgan fingerprint density at radius 3 is 2.58 bits per heavy atom. The number of amides is 1. The van der Waals surface area contributed by atoms with Crippen molar-refractivity contribution in [3.63, 3.8) is 0 Å². The van der Waals surface area contributed by atoms with Gasteiger partial charge in [0.2, 0.25) is 0 Å². The van der Waals surface area contributed by atoms with Gasteiger partial charge in [-0.1, -0.05) is 13.8 Å². The number of rotatable bonds is 5. The third-order valence-electron chi connectivity index (χ3n) is 3.99. The molecule has 1 aliphatic heterocycles. The Hall–Kier alpha value is -0.810. The third kappa shape index (κ3) is 4.99. The number of carbonyl (C=O) groups excluding carboxylic acids is 1. The van der Waals surface area contributed by atoms with Gasteiger partial charge in [-0.05, 0) is 32.5 Å². The number of hydrogen-bond donors (Lipinski definition) is 0. The molecule has 0 radical (unpaired) electrons. The molecule has 1 amide bonds. The summed E-state index contributed by atoms with van der Waals surface area (Å²) >= 11 is 0. The molecule has 5 nitrogen and oxygen atoms in total. The Bertz CT molecular complexity index is 284. The molecule has 1 rings (SSSR count). The van der Waals surface area contributed by atoms with E-state index in [0.717, 1.165) is 13.1 Å². The van der Waals surface area contributed by atoms with Gasteiger partial charge >= 0.3 is 6.09 Å². The second-order valence-corrected chi connectivity index (χ2v) is 5.72. The average Bonchev–Trinajstić information content (AvgIpc) is 2.37. The van der Waals surface area contributed by atoms with E-state index in [0.29, 0.717) is 18.6 Å². The summed E-state index contributed by atoms with van der Waals surface area (Å²) in [6, 6.07) is 0.598. The molecule has 0 aromatic carbocycles. The molecule has 0 bridgehead atoms. The van der Waals surface area contributed by atoms with E-state index >= 15 is 0 Å². The smallest absolute Gasteiger partial charge is 0.409 e. The molecule has 1 saturated heterocycles. The fourth-order valence-electron chi connectivity index (χ4n) is 2.73. The van der Waals surface area contributed by atoms with Crippen molar-refractivity contribution in [3.8, 4) is 0 Å². The van der Waals surface area contributed by atoms with Gasteiger partial charge in [0.05, 0.1) is 0 Å². The van der Waals surface area contributed by atoms with Crippen LogP contribution in [0.2, 0.25) is 0 Å². The predicted octanol–water partition coefficient (Wildman–Crippen LogP) is 1.35. The summed E-state index contributed by atoms with van der Waals surface area (Å²) in [5, 5.41) is 0. The van der Waals surface area contributed by atoms with Crippen molar-refractivity contribution >= 4 is 6.09 Å². The Morgan fingerprint density at radius 1 is 1.37 bits per heavy atom. The van der Waals surface area contributed by atoms with Gasteiger partial charge in [0.1, 0.15) is 6.61 Å². The maximum atomic E-state index is 11.3. The van der Waals surface area contributed by atoms with E-state index < -0.39 is 0 Å². The van der Waals surface area contributed by atoms with Crippen LogP contribution in [0.1, 0.15) is 20.3 Å². The number of ether oxygens (including phenoxy) is 1. The van der Waals surface area contributed by atoms with Crippen LogP contribution in [0.25, 0.3) is 0 Å². The molecule has 0 aromatic rings. The summed E-state index contributed by atoms with van der Waals surface area (Å²) in [6.07, 6.45) is 0.940. The highest BCUT2D eigenvalue weighted by Gasteiger charge is 2.28. The van der Waals surface area contributed by atoms with Crippen molar-refractivity contribution in [2.75, 3.05) is 53.9 Å². The molecule has 5 heteroatoms. The minimum Gasteiger partial charge on any atom is -0.448 e. The topological polar surface area (TPSA) is 36.0 Å². The standard InChI is InChI=1S/C14H29N3O2/c1-6-17-8-7-13(12(2)11-17)16(5)9-10-19-14(18)15(3)4/h12-13H,6-11H2,1-5H3/t12-,13+/m1/s1. The molecule has 0 saturated carbocycles. The number of likely N-dealkylation sites (N-methyl/N-ethyl adjacent to an activating group) is 1. The van der Waals surface area contributed by atoms with E-state index in [1.165, 1.54) is 24.4 Å². The highest BCUT2D eigenvalue weighted by atomic mass is 16.6. The fourth-order valence-corrected chi connectivity index (χ4v) is 2.73. The van der Waals surface area contributed by atoms with Crippen LogP contribution >= 0.6 is 0 Å². The molecule has 1 aliphatic rings. The molecule has 19 heavy (non-hydrogen) atoms. The van der Waals surface area contributed by atoms with E-state index in [9.17, 15) is 4.79 Å². The first kappa shape index (κ1) is 16.2. The van der Waals surface area contributed by atoms with Gasteiger partial charge in [-0.3, -0.25) is 4.90 Å². The zero-order valence-corrected chi connectivity index (χ0v) is 13.1. The van der Waals surface area contributed by atoms with E-state index in [2.05, 4.69) is 30.7 Å². The average molecular weight is 271 g/mol. The molecule has 0 aliphatic carbocycles. The van der Waals surface area contributed by atoms with Gasteiger partial charge < -0.3 is 14.5 Å². The van der Waals surface area contributed by atoms with Crippen LogP contribution < -0.4 is 0 Å². The summed E-state index contributed by atoms with van der Waals surface area (Å²) in [5.41, 5.74) is 0. The summed E-state index contributed by atoms with van der Waals surface area (Å²) in [6.45, 7) is 9.29. The lowest BCUT2D eigenvalue weighted by Gasteiger charge is -2.41. The number of piperidine rings is 1. The molecule has 0 aromatic heterocycles. The van der Waals surface area contributed by atoms with Gasteiger partial charge in [-0.2, -0.15) is 0 Å². The minimum atomic E-state index is -0.262. The number of nitrogens with zero attached hydrogens (tertiary/aromatic N) is 3. The number of hydrogen-bond acceptors (Lipinski definition) is 4. The Morgan fingerprint density at radius 2 is 2.05 bits per heavy atom. The lowest BCUT2D eigenvalue weighted by atomic mass is 9.93. The number of carbonyl (C=O) groups is 1. The first-order valence-corrected chi connectivity index (χ1v) is 7.22. The maximum Gasteiger partial charge on any atom is 0.409 e. The van der Waals surface area contributed by atoms with Crippen LogP contribution in [-0.2, 0) is 4.74 Å². The number of likely N-dealkylation sites (tertiary alicyclic amines) is 1. The molecular formula is C14H29N3O2. The normalized spacial score (nSPS) is 24.5. The highest BCUT2D eigenvalue weighted by molar-refractivity contribution is 5.66. The minimum absolute atomic E-state index is 0.262. The van der Waals surface area contributed by atoms with Crippen LogP contribution in [0.3, 0.4) is 0 Å². The van der Waals surface area contributed by atoms with Crippen LogP contribution in [0.15, 0.2) is 0 Å². The molecule has 1 fully saturated rings. The third-order valence-corrected chi connectivity index (χ3v) is 3.99. The molecular weight excluding hydrogens is 242 g/mol. The molecule has 1 heterocycles. The summed E-state index contributed by atoms with van der Waals surface area (Å²) < 4.78 is 5.18. The van der Waals surface area contributed by atoms with E-state index in [1.807, 2.05) is 0 Å². The molecule has 0 N–H and O–H groups in total. The molecule has 2 atom stereocenters. The first-order chi connectivity index (χ1) is 8.95. The zero-order valence-electron chi connectivity index (χ0n) is 13.1. The second-order valence-electron chi connectivity index (χ2n) is 5.72. The van der Waals surface area contributed by atoms with Crippen molar-refractivity contribution in [1.29, 1.82) is 0 Å². The largest absolute Gasteiger partial charge is 0.448 e. The lowest BCUT2D eigenvalue weighted by Crippen LogP contribution is -2.49. The van der Waals surface area contributed by atoms with Crippen molar-refractivity contribution in [3.05, 3.63) is 0 Å². The van der Waals surface area contributed by atoms with Crippen LogP contribution in [-0.4, -0.2) is 80.8 Å². The van der Waals surface area contributed by atoms with Crippen molar-refractivity contribution in [2.24, 2.45) is 5.92 Å². The van der Waals surface area contributed by atoms with Crippen LogP contribution in [0.4, 0.5) is 4.79 Å². The van der Waals surface area contributed by atoms with Crippen molar-refractivity contribution < 1.29 is 9.53 Å². The van der Waals surface area contributed by atoms with Crippen LogP contribution in [0.5, 0.6) is 0 Å². The molecule has 112 valence electrons. The van der Waals surface area contributed by atoms with E-state index in [-0.39, 0.29) is 6.09 Å². The zero-order chi connectivity index (χ0) is 14.4. The first-order valence-electron chi connectivity index (χ1n) is 7.22. The quantitative estimate of drug-likeness (QED) is 0.756. The summed E-state index contributed by atoms with van der Waals surface area (Å²) in [4.78, 5) is 17.6. The molecule has 0 spiro atoms. The Kier molecular flexibility index (Phi) is 6.58.